The lowest BCUT2D eigenvalue weighted by Crippen LogP contribution is -1.97. The molecule has 0 spiro atoms. The maximum absolute atomic E-state index is 12.6. The highest BCUT2D eigenvalue weighted by Gasteiger charge is 2.10. The van der Waals surface area contributed by atoms with Gasteiger partial charge in [0.2, 0.25) is 0 Å². The fourth-order valence-corrected chi connectivity index (χ4v) is 4.01. The number of carbonyl (C=O) groups excluding carboxylic acids is 1. The third-order valence-electron chi connectivity index (χ3n) is 4.84. The van der Waals surface area contributed by atoms with Crippen LogP contribution in [0, 0.1) is 0 Å². The van der Waals surface area contributed by atoms with Crippen molar-refractivity contribution in [3.63, 3.8) is 0 Å². The highest BCUT2D eigenvalue weighted by molar-refractivity contribution is 7.12. The molecule has 1 aromatic heterocycles. The van der Waals surface area contributed by atoms with Gasteiger partial charge in [-0.15, -0.1) is 11.3 Å². The molecular formula is C25H34O2S. The van der Waals surface area contributed by atoms with Gasteiger partial charge in [-0.05, 0) is 60.0 Å². The van der Waals surface area contributed by atoms with Crippen molar-refractivity contribution in [1.82, 2.24) is 0 Å². The van der Waals surface area contributed by atoms with Crippen LogP contribution in [0.1, 0.15) is 86.0 Å². The maximum atomic E-state index is 12.6. The van der Waals surface area contributed by atoms with Crippen molar-refractivity contribution in [2.45, 2.75) is 71.6 Å². The molecule has 0 atom stereocenters. The number of thiophene rings is 1. The first-order valence-corrected chi connectivity index (χ1v) is 11.6. The molecule has 3 heteroatoms. The molecular weight excluding hydrogens is 364 g/mol. The van der Waals surface area contributed by atoms with Crippen LogP contribution in [0.4, 0.5) is 0 Å². The summed E-state index contributed by atoms with van der Waals surface area (Å²) in [7, 11) is 0. The third kappa shape index (κ3) is 8.02. The quantitative estimate of drug-likeness (QED) is 0.185. The molecule has 0 aliphatic heterocycles. The van der Waals surface area contributed by atoms with Gasteiger partial charge in [-0.25, -0.2) is 0 Å². The standard InChI is InChI=1S/C25H34O2S/c1-3-5-7-9-11-22-18-20-28-25(22)24(26)17-14-21-12-15-23(16-13-21)27-19-10-8-6-4-2/h12-18,20H,3-11,19H2,1-2H3. The molecule has 0 saturated carbocycles. The number of allylic oxidation sites excluding steroid dienone is 1. The zero-order valence-corrected chi connectivity index (χ0v) is 18.2. The summed E-state index contributed by atoms with van der Waals surface area (Å²) in [5, 5.41) is 2.03. The summed E-state index contributed by atoms with van der Waals surface area (Å²) in [6, 6.07) is 10.1. The molecule has 0 saturated heterocycles. The van der Waals surface area contributed by atoms with Gasteiger partial charge in [-0.3, -0.25) is 4.79 Å². The van der Waals surface area contributed by atoms with E-state index in [0.29, 0.717) is 0 Å². The number of rotatable bonds is 14. The average molecular weight is 399 g/mol. The molecule has 2 rings (SSSR count). The third-order valence-corrected chi connectivity index (χ3v) is 5.82. The van der Waals surface area contributed by atoms with E-state index in [0.717, 1.165) is 42.1 Å². The minimum atomic E-state index is 0.108. The minimum Gasteiger partial charge on any atom is -0.494 e. The van der Waals surface area contributed by atoms with Crippen molar-refractivity contribution in [2.75, 3.05) is 6.61 Å². The van der Waals surface area contributed by atoms with Crippen LogP contribution in [0.5, 0.6) is 5.75 Å². The van der Waals surface area contributed by atoms with E-state index < -0.39 is 0 Å². The zero-order chi connectivity index (χ0) is 20.0. The molecule has 152 valence electrons. The SMILES string of the molecule is CCCCCCOc1ccc(C=CC(=O)c2sccc2CCCCCC)cc1. The first kappa shape index (κ1) is 22.4. The van der Waals surface area contributed by atoms with Gasteiger partial charge in [-0.1, -0.05) is 70.6 Å². The van der Waals surface area contributed by atoms with Gasteiger partial charge in [0.25, 0.3) is 0 Å². The number of aryl methyl sites for hydroxylation is 1. The lowest BCUT2D eigenvalue weighted by molar-refractivity contribution is 0.105. The first-order chi connectivity index (χ1) is 13.7. The molecule has 2 nitrogen and oxygen atoms in total. The molecule has 0 bridgehead atoms. The van der Waals surface area contributed by atoms with Crippen molar-refractivity contribution in [3.8, 4) is 5.75 Å². The number of hydrogen-bond donors (Lipinski definition) is 0. The fraction of sp³-hybridized carbons (Fsp3) is 0.480. The molecule has 0 N–H and O–H groups in total. The number of carbonyl (C=O) groups is 1. The predicted molar refractivity (Wildman–Crippen MR) is 122 cm³/mol. The molecule has 1 aromatic carbocycles. The summed E-state index contributed by atoms with van der Waals surface area (Å²) in [6.07, 6.45) is 14.3. The van der Waals surface area contributed by atoms with Crippen LogP contribution in [-0.4, -0.2) is 12.4 Å². The van der Waals surface area contributed by atoms with Crippen LogP contribution in [0.3, 0.4) is 0 Å². The molecule has 2 aromatic rings. The van der Waals surface area contributed by atoms with E-state index in [1.165, 1.54) is 44.1 Å². The molecule has 0 amide bonds. The second kappa shape index (κ2) is 13.3. The number of unbranched alkanes of at least 4 members (excludes halogenated alkanes) is 6. The molecule has 0 unspecified atom stereocenters. The van der Waals surface area contributed by atoms with Gasteiger partial charge in [-0.2, -0.15) is 0 Å². The van der Waals surface area contributed by atoms with Crippen molar-refractivity contribution < 1.29 is 9.53 Å². The average Bonchev–Trinajstić information content (AvgIpc) is 3.19. The van der Waals surface area contributed by atoms with Crippen molar-refractivity contribution in [2.24, 2.45) is 0 Å². The topological polar surface area (TPSA) is 26.3 Å². The van der Waals surface area contributed by atoms with Gasteiger partial charge >= 0.3 is 0 Å². The Morgan fingerprint density at radius 1 is 0.929 bits per heavy atom. The zero-order valence-electron chi connectivity index (χ0n) is 17.4. The Hall–Kier alpha value is -1.87. The summed E-state index contributed by atoms with van der Waals surface area (Å²) >= 11 is 1.55. The molecule has 0 radical (unpaired) electrons. The van der Waals surface area contributed by atoms with Crippen LogP contribution < -0.4 is 4.74 Å². The van der Waals surface area contributed by atoms with Crippen LogP contribution in [0.25, 0.3) is 6.08 Å². The maximum Gasteiger partial charge on any atom is 0.196 e. The normalized spacial score (nSPS) is 11.2. The Kier molecular flexibility index (Phi) is 10.7. The van der Waals surface area contributed by atoms with E-state index in [1.54, 1.807) is 17.4 Å². The van der Waals surface area contributed by atoms with E-state index in [9.17, 15) is 4.79 Å². The Morgan fingerprint density at radius 3 is 2.36 bits per heavy atom. The highest BCUT2D eigenvalue weighted by atomic mass is 32.1. The van der Waals surface area contributed by atoms with E-state index in [4.69, 9.17) is 4.74 Å². The van der Waals surface area contributed by atoms with Crippen molar-refractivity contribution in [3.05, 3.63) is 57.8 Å². The van der Waals surface area contributed by atoms with E-state index >= 15 is 0 Å². The van der Waals surface area contributed by atoms with Crippen LogP contribution >= 0.6 is 11.3 Å². The highest BCUT2D eigenvalue weighted by Crippen LogP contribution is 2.21. The summed E-state index contributed by atoms with van der Waals surface area (Å²) in [6.45, 7) is 5.20. The Labute approximate surface area is 174 Å². The van der Waals surface area contributed by atoms with E-state index in [1.807, 2.05) is 35.7 Å². The Balaban J connectivity index is 1.83. The van der Waals surface area contributed by atoms with Gasteiger partial charge in [0.1, 0.15) is 5.75 Å². The van der Waals surface area contributed by atoms with E-state index in [2.05, 4.69) is 19.9 Å². The summed E-state index contributed by atoms with van der Waals surface area (Å²) in [5.74, 6) is 1.00. The second-order valence-corrected chi connectivity index (χ2v) is 8.18. The lowest BCUT2D eigenvalue weighted by Gasteiger charge is -2.06. The molecule has 28 heavy (non-hydrogen) atoms. The largest absolute Gasteiger partial charge is 0.494 e. The van der Waals surface area contributed by atoms with Gasteiger partial charge < -0.3 is 4.74 Å². The van der Waals surface area contributed by atoms with Gasteiger partial charge in [0.05, 0.1) is 11.5 Å². The summed E-state index contributed by atoms with van der Waals surface area (Å²) < 4.78 is 5.77. The van der Waals surface area contributed by atoms with Gasteiger partial charge in [0, 0.05) is 0 Å². The van der Waals surface area contributed by atoms with Crippen molar-refractivity contribution in [1.29, 1.82) is 0 Å². The summed E-state index contributed by atoms with van der Waals surface area (Å²) in [5.41, 5.74) is 2.22. The number of ether oxygens (including phenoxy) is 1. The fourth-order valence-electron chi connectivity index (χ4n) is 3.13. The Bertz CT molecular complexity index is 712. The van der Waals surface area contributed by atoms with Crippen LogP contribution in [0.2, 0.25) is 0 Å². The molecule has 0 fully saturated rings. The predicted octanol–water partition coefficient (Wildman–Crippen LogP) is 7.73. The molecule has 1 heterocycles. The number of benzene rings is 1. The Morgan fingerprint density at radius 2 is 1.64 bits per heavy atom. The second-order valence-electron chi connectivity index (χ2n) is 7.26. The van der Waals surface area contributed by atoms with Crippen LogP contribution in [0.15, 0.2) is 41.8 Å². The molecule has 0 aliphatic rings. The number of hydrogen-bond acceptors (Lipinski definition) is 3. The van der Waals surface area contributed by atoms with Gasteiger partial charge in [0.15, 0.2) is 5.78 Å². The monoisotopic (exact) mass is 398 g/mol. The first-order valence-electron chi connectivity index (χ1n) is 10.8. The van der Waals surface area contributed by atoms with Crippen molar-refractivity contribution >= 4 is 23.2 Å². The minimum absolute atomic E-state index is 0.108. The van der Waals surface area contributed by atoms with E-state index in [-0.39, 0.29) is 5.78 Å². The van der Waals surface area contributed by atoms with Crippen LogP contribution in [-0.2, 0) is 6.42 Å². The smallest absolute Gasteiger partial charge is 0.196 e. The number of ketones is 1. The molecule has 0 aliphatic carbocycles. The summed E-state index contributed by atoms with van der Waals surface area (Å²) in [4.78, 5) is 13.5. The lowest BCUT2D eigenvalue weighted by atomic mass is 10.1.